The van der Waals surface area contributed by atoms with Crippen LogP contribution in [0.5, 0.6) is 0 Å². The SMILES string of the molecule is O=C1[C@@H]2[C@H]3C[C@H]([C@H](Br)[C@H]3Br)[C@@H]2C(=O)N1n1cnnc1. The van der Waals surface area contributed by atoms with Crippen molar-refractivity contribution >= 4 is 43.7 Å². The van der Waals surface area contributed by atoms with E-state index < -0.39 is 0 Å². The lowest BCUT2D eigenvalue weighted by Crippen LogP contribution is -2.41. The van der Waals surface area contributed by atoms with Gasteiger partial charge in [0.2, 0.25) is 0 Å². The summed E-state index contributed by atoms with van der Waals surface area (Å²) in [6, 6.07) is 0. The fraction of sp³-hybridized carbons (Fsp3) is 0.636. The molecule has 1 aromatic rings. The van der Waals surface area contributed by atoms with E-state index in [1.54, 1.807) is 0 Å². The number of nitrogens with zero attached hydrogens (tertiary/aromatic N) is 4. The van der Waals surface area contributed by atoms with Gasteiger partial charge in [0.15, 0.2) is 0 Å². The van der Waals surface area contributed by atoms with Gasteiger partial charge in [-0.1, -0.05) is 31.9 Å². The van der Waals surface area contributed by atoms with E-state index in [9.17, 15) is 9.59 Å². The van der Waals surface area contributed by atoms with E-state index in [1.807, 2.05) is 0 Å². The van der Waals surface area contributed by atoms with Crippen LogP contribution in [0.3, 0.4) is 0 Å². The van der Waals surface area contributed by atoms with E-state index in [0.29, 0.717) is 0 Å². The molecule has 3 fully saturated rings. The van der Waals surface area contributed by atoms with E-state index in [0.717, 1.165) is 6.42 Å². The smallest absolute Gasteiger partial charge is 0.252 e. The molecule has 8 heteroatoms. The third-order valence-electron chi connectivity index (χ3n) is 4.60. The molecule has 1 saturated heterocycles. The van der Waals surface area contributed by atoms with E-state index in [4.69, 9.17) is 0 Å². The zero-order valence-corrected chi connectivity index (χ0v) is 12.9. The first-order valence-electron chi connectivity index (χ1n) is 6.12. The van der Waals surface area contributed by atoms with Crippen LogP contribution < -0.4 is 5.01 Å². The van der Waals surface area contributed by atoms with Crippen LogP contribution >= 0.6 is 31.9 Å². The van der Waals surface area contributed by atoms with Gasteiger partial charge in [-0.2, -0.15) is 5.01 Å². The number of rotatable bonds is 1. The average molecular weight is 390 g/mol. The van der Waals surface area contributed by atoms with Gasteiger partial charge in [-0.05, 0) is 18.3 Å². The Balaban J connectivity index is 1.76. The number of hydrogen-bond donors (Lipinski definition) is 0. The number of alkyl halides is 2. The number of hydrogen-bond acceptors (Lipinski definition) is 4. The lowest BCUT2D eigenvalue weighted by molar-refractivity contribution is -0.125. The average Bonchev–Trinajstić information content (AvgIpc) is 3.10. The second-order valence-corrected chi connectivity index (χ2v) is 7.45. The molecular formula is C11H10Br2N4O2. The predicted octanol–water partition coefficient (Wildman–Crippen LogP) is 0.692. The van der Waals surface area contributed by atoms with Gasteiger partial charge in [0, 0.05) is 9.65 Å². The Hall–Kier alpha value is -0.760. The van der Waals surface area contributed by atoms with Gasteiger partial charge in [-0.15, -0.1) is 10.2 Å². The fourth-order valence-corrected chi connectivity index (χ4v) is 5.73. The monoisotopic (exact) mass is 388 g/mol. The Morgan fingerprint density at radius 3 is 1.95 bits per heavy atom. The number of aromatic nitrogens is 3. The molecule has 2 saturated carbocycles. The third kappa shape index (κ3) is 1.36. The van der Waals surface area contributed by atoms with Gasteiger partial charge < -0.3 is 0 Å². The molecule has 2 bridgehead atoms. The highest BCUT2D eigenvalue weighted by molar-refractivity contribution is 9.12. The summed E-state index contributed by atoms with van der Waals surface area (Å²) in [5.74, 6) is -0.164. The van der Waals surface area contributed by atoms with Crippen LogP contribution in [0.1, 0.15) is 6.42 Å². The summed E-state index contributed by atoms with van der Waals surface area (Å²) in [7, 11) is 0. The van der Waals surface area contributed by atoms with Crippen LogP contribution in [0.2, 0.25) is 0 Å². The van der Waals surface area contributed by atoms with E-state index in [1.165, 1.54) is 22.3 Å². The summed E-state index contributed by atoms with van der Waals surface area (Å²) in [6.45, 7) is 0. The predicted molar refractivity (Wildman–Crippen MR) is 72.3 cm³/mol. The molecule has 100 valence electrons. The summed E-state index contributed by atoms with van der Waals surface area (Å²) in [5.41, 5.74) is 0. The minimum Gasteiger partial charge on any atom is -0.272 e. The topological polar surface area (TPSA) is 68.1 Å². The van der Waals surface area contributed by atoms with Gasteiger partial charge >= 0.3 is 0 Å². The maximum absolute atomic E-state index is 12.5. The van der Waals surface area contributed by atoms with E-state index in [2.05, 4.69) is 42.1 Å². The summed E-state index contributed by atoms with van der Waals surface area (Å²) in [5, 5.41) is 8.52. The molecule has 2 aliphatic carbocycles. The van der Waals surface area contributed by atoms with Crippen molar-refractivity contribution in [1.82, 2.24) is 14.9 Å². The van der Waals surface area contributed by atoms with Crippen LogP contribution in [0.4, 0.5) is 0 Å². The Kier molecular flexibility index (Phi) is 2.45. The van der Waals surface area contributed by atoms with Crippen molar-refractivity contribution in [2.45, 2.75) is 16.1 Å². The highest BCUT2D eigenvalue weighted by Gasteiger charge is 2.66. The number of carbonyl (C=O) groups is 2. The van der Waals surface area contributed by atoms with Crippen LogP contribution in [-0.2, 0) is 9.59 Å². The number of imide groups is 1. The van der Waals surface area contributed by atoms with Gasteiger partial charge in [-0.25, -0.2) is 4.68 Å². The van der Waals surface area contributed by atoms with Crippen LogP contribution in [0.15, 0.2) is 12.7 Å². The Morgan fingerprint density at radius 2 is 1.47 bits per heavy atom. The second kappa shape index (κ2) is 3.88. The third-order valence-corrected chi connectivity index (χ3v) is 7.81. The van der Waals surface area contributed by atoms with Crippen molar-refractivity contribution in [3.05, 3.63) is 12.7 Å². The number of amides is 2. The van der Waals surface area contributed by atoms with Crippen molar-refractivity contribution in [3.63, 3.8) is 0 Å². The molecule has 2 amide bonds. The van der Waals surface area contributed by atoms with Crippen molar-refractivity contribution < 1.29 is 9.59 Å². The Morgan fingerprint density at radius 1 is 1.00 bits per heavy atom. The summed E-state index contributed by atoms with van der Waals surface area (Å²) in [6.07, 6.45) is 3.71. The van der Waals surface area contributed by atoms with Crippen LogP contribution in [0.25, 0.3) is 0 Å². The molecule has 6 atom stereocenters. The molecule has 1 aliphatic heterocycles. The number of fused-ring (bicyclic) bond motifs is 5. The summed E-state index contributed by atoms with van der Waals surface area (Å²) >= 11 is 7.31. The van der Waals surface area contributed by atoms with Crippen molar-refractivity contribution in [3.8, 4) is 0 Å². The highest BCUT2D eigenvalue weighted by Crippen LogP contribution is 2.59. The molecule has 0 aromatic carbocycles. The van der Waals surface area contributed by atoms with Gasteiger partial charge in [0.05, 0.1) is 11.8 Å². The molecule has 1 aromatic heterocycles. The first kappa shape index (κ1) is 12.0. The number of carbonyl (C=O) groups excluding carboxylic acids is 2. The maximum Gasteiger partial charge on any atom is 0.252 e. The molecule has 2 heterocycles. The molecule has 0 spiro atoms. The van der Waals surface area contributed by atoms with Crippen LogP contribution in [0, 0.1) is 23.7 Å². The largest absolute Gasteiger partial charge is 0.272 e. The second-order valence-electron chi connectivity index (χ2n) is 5.33. The zero-order valence-electron chi connectivity index (χ0n) is 9.69. The zero-order chi connectivity index (χ0) is 13.3. The van der Waals surface area contributed by atoms with Gasteiger partial charge in [-0.3, -0.25) is 9.59 Å². The van der Waals surface area contributed by atoms with E-state index >= 15 is 0 Å². The number of halogens is 2. The lowest BCUT2D eigenvalue weighted by Gasteiger charge is -2.28. The minimum absolute atomic E-state index is 0.119. The summed E-state index contributed by atoms with van der Waals surface area (Å²) in [4.78, 5) is 25.6. The standard InChI is InChI=1S/C11H10Br2N4O2/c12-8-4-1-5(9(8)13)7-6(4)10(18)17(11(7)19)16-2-14-15-3-16/h2-9H,1H2/t4-,5+,6-,7+,8-,9-/m0/s1. The molecular weight excluding hydrogens is 380 g/mol. The minimum atomic E-state index is -0.196. The molecule has 4 rings (SSSR count). The molecule has 6 nitrogen and oxygen atoms in total. The molecule has 0 unspecified atom stereocenters. The van der Waals surface area contributed by atoms with Gasteiger partial charge in [0.1, 0.15) is 12.7 Å². The molecule has 0 radical (unpaired) electrons. The molecule has 0 N–H and O–H groups in total. The lowest BCUT2D eigenvalue weighted by atomic mass is 9.81. The quantitative estimate of drug-likeness (QED) is 0.523. The normalized spacial score (nSPS) is 44.2. The Bertz CT molecular complexity index is 531. The van der Waals surface area contributed by atoms with E-state index in [-0.39, 0.29) is 45.1 Å². The van der Waals surface area contributed by atoms with Gasteiger partial charge in [0.25, 0.3) is 11.8 Å². The molecule has 3 aliphatic rings. The molecule has 19 heavy (non-hydrogen) atoms. The maximum atomic E-state index is 12.5. The first-order valence-corrected chi connectivity index (χ1v) is 7.95. The first-order chi connectivity index (χ1) is 9.11. The Labute approximate surface area is 125 Å². The van der Waals surface area contributed by atoms with Crippen molar-refractivity contribution in [1.29, 1.82) is 0 Å². The van der Waals surface area contributed by atoms with Crippen molar-refractivity contribution in [2.24, 2.45) is 23.7 Å². The fourth-order valence-electron chi connectivity index (χ4n) is 3.86. The van der Waals surface area contributed by atoms with Crippen LogP contribution in [-0.4, -0.2) is 36.3 Å². The summed E-state index contributed by atoms with van der Waals surface area (Å²) < 4.78 is 1.38. The van der Waals surface area contributed by atoms with Crippen molar-refractivity contribution in [2.75, 3.05) is 5.01 Å². The highest BCUT2D eigenvalue weighted by atomic mass is 79.9.